The number of hydrogen-bond acceptors (Lipinski definition) is 2. The molecule has 0 radical (unpaired) electrons. The summed E-state index contributed by atoms with van der Waals surface area (Å²) in [6.45, 7) is 17.2. The van der Waals surface area contributed by atoms with Gasteiger partial charge in [-0.25, -0.2) is 0 Å². The first-order valence-corrected chi connectivity index (χ1v) is 25.4. The van der Waals surface area contributed by atoms with Gasteiger partial charge in [0, 0.05) is 12.8 Å². The molecule has 0 N–H and O–H groups in total. The molecule has 0 bridgehead atoms. The van der Waals surface area contributed by atoms with E-state index in [1.807, 2.05) is 0 Å². The van der Waals surface area contributed by atoms with Gasteiger partial charge >= 0.3 is 5.97 Å². The third-order valence-electron chi connectivity index (χ3n) is 16.4. The monoisotopic (exact) mass is 775 g/mol. The van der Waals surface area contributed by atoms with Gasteiger partial charge in [-0.1, -0.05) is 181 Å². The first-order chi connectivity index (χ1) is 27.1. The van der Waals surface area contributed by atoms with E-state index in [0.29, 0.717) is 29.1 Å². The maximum Gasteiger partial charge on any atom is 0.306 e. The quantitative estimate of drug-likeness (QED) is 0.0450. The van der Waals surface area contributed by atoms with Crippen molar-refractivity contribution in [3.05, 3.63) is 36.0 Å². The van der Waals surface area contributed by atoms with E-state index in [1.165, 1.54) is 161 Å². The van der Waals surface area contributed by atoms with E-state index >= 15 is 0 Å². The molecule has 0 heterocycles. The molecule has 4 aliphatic rings. The summed E-state index contributed by atoms with van der Waals surface area (Å²) in [6.07, 6.45) is 51.7. The molecule has 0 aliphatic heterocycles. The van der Waals surface area contributed by atoms with Crippen molar-refractivity contribution in [3.8, 4) is 0 Å². The van der Waals surface area contributed by atoms with E-state index in [-0.39, 0.29) is 12.1 Å². The summed E-state index contributed by atoms with van der Waals surface area (Å²) < 4.78 is 6.16. The highest BCUT2D eigenvalue weighted by molar-refractivity contribution is 5.69. The van der Waals surface area contributed by atoms with Gasteiger partial charge in [0.15, 0.2) is 0 Å². The van der Waals surface area contributed by atoms with Gasteiger partial charge in [0.05, 0.1) is 0 Å². The molecule has 2 nitrogen and oxygen atoms in total. The maximum atomic E-state index is 12.9. The Morgan fingerprint density at radius 1 is 0.714 bits per heavy atom. The average Bonchev–Trinajstić information content (AvgIpc) is 3.54. The van der Waals surface area contributed by atoms with Crippen LogP contribution in [0.2, 0.25) is 0 Å². The van der Waals surface area contributed by atoms with Crippen LogP contribution in [0.1, 0.15) is 241 Å². The van der Waals surface area contributed by atoms with E-state index in [9.17, 15) is 4.79 Å². The molecule has 0 aromatic heterocycles. The second kappa shape index (κ2) is 25.3. The zero-order chi connectivity index (χ0) is 40.2. The van der Waals surface area contributed by atoms with Gasteiger partial charge in [-0.2, -0.15) is 0 Å². The van der Waals surface area contributed by atoms with Crippen molar-refractivity contribution in [1.29, 1.82) is 0 Å². The fourth-order valence-electron chi connectivity index (χ4n) is 12.7. The molecule has 9 atom stereocenters. The van der Waals surface area contributed by atoms with E-state index < -0.39 is 0 Å². The van der Waals surface area contributed by atoms with Crippen molar-refractivity contribution in [1.82, 2.24) is 0 Å². The van der Waals surface area contributed by atoms with Crippen LogP contribution < -0.4 is 0 Å². The fourth-order valence-corrected chi connectivity index (χ4v) is 12.7. The normalized spacial score (nSPS) is 30.0. The number of fused-ring (bicyclic) bond motifs is 5. The summed E-state index contributed by atoms with van der Waals surface area (Å²) in [4.78, 5) is 12.9. The molecule has 0 amide bonds. The Balaban J connectivity index is 1.03. The van der Waals surface area contributed by atoms with Gasteiger partial charge < -0.3 is 4.74 Å². The highest BCUT2D eigenvalue weighted by atomic mass is 16.5. The first-order valence-electron chi connectivity index (χ1n) is 25.4. The molecule has 9 unspecified atom stereocenters. The van der Waals surface area contributed by atoms with Gasteiger partial charge in [-0.3, -0.25) is 4.79 Å². The predicted octanol–water partition coefficient (Wildman–Crippen LogP) is 17.1. The van der Waals surface area contributed by atoms with Crippen molar-refractivity contribution in [2.45, 2.75) is 247 Å². The zero-order valence-corrected chi connectivity index (χ0v) is 38.5. The lowest BCUT2D eigenvalue weighted by atomic mass is 9.47. The standard InChI is InChI=1S/C54H94O2/c1-8-10-11-12-13-14-15-16-17-18-19-20-21-22-23-24-25-26-27-28-29-30-31-52(55)56-47-38-40-53(6)46(42-47)34-35-48-50-37-36-49(54(50,7)41-39-51(48)53)44(5)32-33-45(9-2)43(3)4/h21-22,32-34,43-45,47-51H,8-20,23-31,35-42H2,1-7H3/b22-21-,33-32+. The van der Waals surface area contributed by atoms with Gasteiger partial charge in [-0.05, 0) is 136 Å². The smallest absolute Gasteiger partial charge is 0.306 e. The Hall–Kier alpha value is -1.31. The number of allylic oxidation sites excluding steroid dienone is 5. The van der Waals surface area contributed by atoms with Gasteiger partial charge in [0.25, 0.3) is 0 Å². The SMILES string of the molecule is CCCCCCCCCCCCC/C=C\CCCCCCCCCC(=O)OC1CCC2(C)C(=CCC3C2CCC2(C)C(C(C)/C=C/C(CC)C(C)C)CCC32)C1. The lowest BCUT2D eigenvalue weighted by Gasteiger charge is -2.58. The van der Waals surface area contributed by atoms with E-state index in [0.717, 1.165) is 55.3 Å². The van der Waals surface area contributed by atoms with Crippen LogP contribution in [0.25, 0.3) is 0 Å². The van der Waals surface area contributed by atoms with Crippen LogP contribution in [0, 0.1) is 52.3 Å². The van der Waals surface area contributed by atoms with Crippen molar-refractivity contribution < 1.29 is 9.53 Å². The Labute approximate surface area is 349 Å². The number of carbonyl (C=O) groups is 1. The van der Waals surface area contributed by atoms with Crippen molar-refractivity contribution >= 4 is 5.97 Å². The Morgan fingerprint density at radius 3 is 1.89 bits per heavy atom. The molecule has 3 saturated carbocycles. The Kier molecular flexibility index (Phi) is 21.4. The summed E-state index contributed by atoms with van der Waals surface area (Å²) in [6, 6.07) is 0. The molecule has 4 rings (SSSR count). The lowest BCUT2D eigenvalue weighted by Crippen LogP contribution is -2.51. The van der Waals surface area contributed by atoms with E-state index in [2.05, 4.69) is 78.8 Å². The van der Waals surface area contributed by atoms with Crippen LogP contribution >= 0.6 is 0 Å². The van der Waals surface area contributed by atoms with E-state index in [1.54, 1.807) is 5.57 Å². The second-order valence-electron chi connectivity index (χ2n) is 20.7. The minimum Gasteiger partial charge on any atom is -0.462 e. The van der Waals surface area contributed by atoms with Gasteiger partial charge in [0.1, 0.15) is 6.10 Å². The minimum absolute atomic E-state index is 0.0556. The summed E-state index contributed by atoms with van der Waals surface area (Å²) in [5, 5.41) is 0. The Bertz CT molecular complexity index is 1180. The van der Waals surface area contributed by atoms with Crippen molar-refractivity contribution in [3.63, 3.8) is 0 Å². The van der Waals surface area contributed by atoms with Crippen LogP contribution in [0.15, 0.2) is 36.0 Å². The van der Waals surface area contributed by atoms with Crippen LogP contribution in [-0.2, 0) is 9.53 Å². The number of hydrogen-bond donors (Lipinski definition) is 0. The molecule has 2 heteroatoms. The second-order valence-corrected chi connectivity index (χ2v) is 20.7. The van der Waals surface area contributed by atoms with Gasteiger partial charge in [-0.15, -0.1) is 0 Å². The number of rotatable bonds is 28. The average molecular weight is 775 g/mol. The summed E-state index contributed by atoms with van der Waals surface area (Å²) in [5.41, 5.74) is 2.43. The van der Waals surface area contributed by atoms with Crippen molar-refractivity contribution in [2.24, 2.45) is 52.3 Å². The molecular weight excluding hydrogens is 681 g/mol. The molecule has 56 heavy (non-hydrogen) atoms. The minimum atomic E-state index is 0.0556. The number of esters is 1. The summed E-state index contributed by atoms with van der Waals surface area (Å²) in [7, 11) is 0. The molecular formula is C54H94O2. The molecule has 0 saturated heterocycles. The Morgan fingerprint density at radius 2 is 1.30 bits per heavy atom. The van der Waals surface area contributed by atoms with Crippen LogP contribution in [0.3, 0.4) is 0 Å². The molecule has 0 aromatic carbocycles. The van der Waals surface area contributed by atoms with Crippen LogP contribution in [-0.4, -0.2) is 12.1 Å². The predicted molar refractivity (Wildman–Crippen MR) is 244 cm³/mol. The van der Waals surface area contributed by atoms with Crippen molar-refractivity contribution in [2.75, 3.05) is 0 Å². The number of carbonyl (C=O) groups excluding carboxylic acids is 1. The fraction of sp³-hybridized carbons (Fsp3) is 0.870. The molecule has 322 valence electrons. The maximum absolute atomic E-state index is 12.9. The summed E-state index contributed by atoms with van der Waals surface area (Å²) >= 11 is 0. The third-order valence-corrected chi connectivity index (χ3v) is 16.4. The van der Waals surface area contributed by atoms with Crippen LogP contribution in [0.5, 0.6) is 0 Å². The zero-order valence-electron chi connectivity index (χ0n) is 38.5. The highest BCUT2D eigenvalue weighted by Gasteiger charge is 2.59. The topological polar surface area (TPSA) is 26.3 Å². The number of ether oxygens (including phenoxy) is 1. The molecule has 0 aromatic rings. The molecule has 0 spiro atoms. The van der Waals surface area contributed by atoms with Gasteiger partial charge in [0.2, 0.25) is 0 Å². The number of unbranched alkanes of at least 4 members (excludes halogenated alkanes) is 18. The van der Waals surface area contributed by atoms with E-state index in [4.69, 9.17) is 4.74 Å². The largest absolute Gasteiger partial charge is 0.462 e. The highest BCUT2D eigenvalue weighted by Crippen LogP contribution is 2.67. The third kappa shape index (κ3) is 14.2. The van der Waals surface area contributed by atoms with Crippen LogP contribution in [0.4, 0.5) is 0 Å². The molecule has 3 fully saturated rings. The summed E-state index contributed by atoms with van der Waals surface area (Å²) in [5.74, 6) is 5.53. The lowest BCUT2D eigenvalue weighted by molar-refractivity contribution is -0.151. The molecule has 4 aliphatic carbocycles. The first kappa shape index (κ1) is 47.4.